The van der Waals surface area contributed by atoms with E-state index in [-0.39, 0.29) is 19.3 Å². The third-order valence-electron chi connectivity index (χ3n) is 12.7. The summed E-state index contributed by atoms with van der Waals surface area (Å²) in [5, 5.41) is 2.27. The Morgan fingerprint density at radius 2 is 0.945 bits per heavy atom. The number of alkyl halides is 6. The van der Waals surface area contributed by atoms with Gasteiger partial charge in [0.25, 0.3) is 17.1 Å². The second kappa shape index (κ2) is 33.1. The first-order valence-electron chi connectivity index (χ1n) is 25.8. The Hall–Kier alpha value is -4.04. The molecule has 0 saturated carbocycles. The highest BCUT2D eigenvalue weighted by Crippen LogP contribution is 2.45. The number of benzene rings is 2. The summed E-state index contributed by atoms with van der Waals surface area (Å²) in [5.74, 6) is -4.21. The third kappa shape index (κ3) is 22.4. The number of rotatable bonds is 38. The summed E-state index contributed by atoms with van der Waals surface area (Å²) < 4.78 is 151. The SMILES string of the molecule is CO[C@](C(=O)O[C@H](CCCCCCCCCCC(C)C)C(=O)N[C@@H](COS(=O)(=O)[O-])[C@@H](/C=C/CCCCCCCCCCCC(C)C)OC(=O)[C@@](OC)(c1ccccc1)C(F)(F)F)(c1ccccc1)C(F)(F)F. The summed E-state index contributed by atoms with van der Waals surface area (Å²) in [4.78, 5) is 42.4. The maximum Gasteiger partial charge on any atom is 0.432 e. The van der Waals surface area contributed by atoms with Gasteiger partial charge in [-0.05, 0) is 43.6 Å². The van der Waals surface area contributed by atoms with Gasteiger partial charge in [0, 0.05) is 25.3 Å². The van der Waals surface area contributed by atoms with E-state index in [1.807, 2.05) is 0 Å². The maximum absolute atomic E-state index is 15.1. The van der Waals surface area contributed by atoms with E-state index in [1.54, 1.807) is 0 Å². The van der Waals surface area contributed by atoms with Crippen molar-refractivity contribution in [1.82, 2.24) is 5.32 Å². The Balaban J connectivity index is 2.55. The van der Waals surface area contributed by atoms with E-state index in [0.717, 1.165) is 107 Å². The molecule has 0 aromatic heterocycles. The van der Waals surface area contributed by atoms with E-state index in [1.165, 1.54) is 61.7 Å². The van der Waals surface area contributed by atoms with E-state index in [2.05, 4.69) is 37.2 Å². The van der Waals surface area contributed by atoms with Crippen molar-refractivity contribution in [3.8, 4) is 0 Å². The van der Waals surface area contributed by atoms with Gasteiger partial charge in [0.2, 0.25) is 10.4 Å². The quantitative estimate of drug-likeness (QED) is 0.0170. The van der Waals surface area contributed by atoms with Crippen molar-refractivity contribution in [2.45, 2.75) is 204 Å². The number of nitrogens with one attached hydrogen (secondary N) is 1. The van der Waals surface area contributed by atoms with Crippen LogP contribution in [0.25, 0.3) is 0 Å². The molecule has 0 aliphatic heterocycles. The Morgan fingerprint density at radius 1 is 0.575 bits per heavy atom. The molecule has 2 rings (SSSR count). The molecule has 19 heteroatoms. The van der Waals surface area contributed by atoms with Crippen molar-refractivity contribution in [2.75, 3.05) is 20.8 Å². The molecule has 2 aromatic rings. The maximum atomic E-state index is 15.1. The average Bonchev–Trinajstić information content (AvgIpc) is 3.31. The fraction of sp³-hybridized carbons (Fsp3) is 0.685. The van der Waals surface area contributed by atoms with E-state index in [0.29, 0.717) is 45.3 Å². The number of ether oxygens (including phenoxy) is 4. The van der Waals surface area contributed by atoms with Crippen LogP contribution in [0, 0.1) is 11.8 Å². The van der Waals surface area contributed by atoms with Crippen LogP contribution in [0.15, 0.2) is 72.8 Å². The molecule has 0 saturated heterocycles. The second-order valence-electron chi connectivity index (χ2n) is 19.5. The molecule has 0 bridgehead atoms. The van der Waals surface area contributed by atoms with E-state index < -0.39 is 87.8 Å². The van der Waals surface area contributed by atoms with Crippen LogP contribution in [0.2, 0.25) is 0 Å². The van der Waals surface area contributed by atoms with Crippen LogP contribution >= 0.6 is 0 Å². The van der Waals surface area contributed by atoms with Crippen molar-refractivity contribution in [3.63, 3.8) is 0 Å². The number of unbranched alkanes of at least 4 members (excludes halogenated alkanes) is 16. The van der Waals surface area contributed by atoms with Gasteiger partial charge in [0.15, 0.2) is 6.10 Å². The minimum absolute atomic E-state index is 0.127. The Bertz CT molecular complexity index is 2000. The lowest BCUT2D eigenvalue weighted by Crippen LogP contribution is -2.57. The second-order valence-corrected chi connectivity index (χ2v) is 20.5. The largest absolute Gasteiger partial charge is 0.726 e. The van der Waals surface area contributed by atoms with E-state index in [4.69, 9.17) is 18.9 Å². The minimum atomic E-state index is -5.61. The zero-order chi connectivity index (χ0) is 54.6. The smallest absolute Gasteiger partial charge is 0.432 e. The lowest BCUT2D eigenvalue weighted by molar-refractivity contribution is -0.278. The molecule has 0 heterocycles. The number of hydrogen-bond acceptors (Lipinski definition) is 11. The molecule has 5 atom stereocenters. The highest BCUT2D eigenvalue weighted by atomic mass is 32.3. The van der Waals surface area contributed by atoms with Gasteiger partial charge in [0.1, 0.15) is 6.10 Å². The Labute approximate surface area is 430 Å². The van der Waals surface area contributed by atoms with Gasteiger partial charge in [0.05, 0.1) is 12.6 Å². The highest BCUT2D eigenvalue weighted by Gasteiger charge is 2.65. The molecule has 2 aromatic carbocycles. The molecule has 0 unspecified atom stereocenters. The molecule has 0 radical (unpaired) electrons. The Kier molecular flexibility index (Phi) is 29.5. The third-order valence-corrected chi connectivity index (χ3v) is 13.1. The van der Waals surface area contributed by atoms with Crippen molar-refractivity contribution in [1.29, 1.82) is 0 Å². The fourth-order valence-corrected chi connectivity index (χ4v) is 8.88. The zero-order valence-corrected chi connectivity index (χ0v) is 44.4. The standard InChI is InChI=1S/C54H81F6NO11S/c1-41(2)32-24-18-14-10-8-7-9-11-16-20-30-38-46(71-49(63)51(68-5,53(55,56)57)43-34-26-22-27-35-43)45(40-70-73(65,66)67)61-48(62)47(39-31-21-17-13-12-15-19-25-33-42(3)4)72-50(64)52(69-6,54(58,59)60)44-36-28-23-29-37-44/h22-23,26-30,34-38,41-42,45-47H,7-21,24-25,31-33,39-40H2,1-6H3,(H,61,62)(H,65,66,67)/p-1/b38-30+/t45-,46+,47+,51-,52-/m0/s1. The van der Waals surface area contributed by atoms with Crippen LogP contribution in [0.1, 0.15) is 174 Å². The fourth-order valence-electron chi connectivity index (χ4n) is 8.57. The predicted octanol–water partition coefficient (Wildman–Crippen LogP) is 13.0. The summed E-state index contributed by atoms with van der Waals surface area (Å²) >= 11 is 0. The topological polar surface area (TPSA) is 167 Å². The van der Waals surface area contributed by atoms with Crippen LogP contribution in [0.5, 0.6) is 0 Å². The number of amides is 1. The van der Waals surface area contributed by atoms with Crippen LogP contribution in [0.3, 0.4) is 0 Å². The van der Waals surface area contributed by atoms with Gasteiger partial charge in [-0.3, -0.25) is 8.98 Å². The normalized spacial score (nSPS) is 15.4. The van der Waals surface area contributed by atoms with Crippen molar-refractivity contribution in [3.05, 3.63) is 83.9 Å². The number of halogens is 6. The summed E-state index contributed by atoms with van der Waals surface area (Å²) in [7, 11) is -4.35. The van der Waals surface area contributed by atoms with Crippen molar-refractivity contribution < 1.29 is 76.8 Å². The molecule has 12 nitrogen and oxygen atoms in total. The lowest BCUT2D eigenvalue weighted by Gasteiger charge is -2.35. The Morgan fingerprint density at radius 3 is 1.32 bits per heavy atom. The van der Waals surface area contributed by atoms with Gasteiger partial charge >= 0.3 is 24.3 Å². The molecule has 0 aliphatic carbocycles. The highest BCUT2D eigenvalue weighted by molar-refractivity contribution is 7.80. The molecule has 416 valence electrons. The monoisotopic (exact) mass is 1060 g/mol. The first-order valence-corrected chi connectivity index (χ1v) is 27.1. The molecule has 0 fully saturated rings. The van der Waals surface area contributed by atoms with Gasteiger partial charge in [-0.1, -0.05) is 204 Å². The number of allylic oxidation sites excluding steroid dienone is 1. The van der Waals surface area contributed by atoms with Gasteiger partial charge < -0.3 is 28.8 Å². The van der Waals surface area contributed by atoms with Gasteiger partial charge in [-0.25, -0.2) is 18.0 Å². The number of carbonyl (C=O) groups excluding carboxylic acids is 3. The first-order chi connectivity index (χ1) is 34.5. The van der Waals surface area contributed by atoms with E-state index >= 15 is 26.3 Å². The molecule has 0 spiro atoms. The van der Waals surface area contributed by atoms with Crippen LogP contribution < -0.4 is 5.32 Å². The van der Waals surface area contributed by atoms with Crippen molar-refractivity contribution in [2.24, 2.45) is 11.8 Å². The molecule has 1 N–H and O–H groups in total. The number of methoxy groups -OCH3 is 2. The summed E-state index contributed by atoms with van der Waals surface area (Å²) in [6.07, 6.45) is 4.56. The summed E-state index contributed by atoms with van der Waals surface area (Å²) in [6, 6.07) is 9.54. The summed E-state index contributed by atoms with van der Waals surface area (Å²) in [6.45, 7) is 7.35. The molecule has 73 heavy (non-hydrogen) atoms. The zero-order valence-electron chi connectivity index (χ0n) is 43.5. The predicted molar refractivity (Wildman–Crippen MR) is 265 cm³/mol. The summed E-state index contributed by atoms with van der Waals surface area (Å²) in [5.41, 5.74) is -8.90. The molecular formula is C54H80F6NO11S-. The number of hydrogen-bond donors (Lipinski definition) is 1. The van der Waals surface area contributed by atoms with Crippen LogP contribution in [0.4, 0.5) is 26.3 Å². The molecule has 1 amide bonds. The average molecular weight is 1070 g/mol. The van der Waals surface area contributed by atoms with Crippen molar-refractivity contribution >= 4 is 28.2 Å². The minimum Gasteiger partial charge on any atom is -0.726 e. The van der Waals surface area contributed by atoms with Gasteiger partial charge in [-0.2, -0.15) is 26.3 Å². The lowest BCUT2D eigenvalue weighted by atomic mass is 9.92. The molecule has 0 aliphatic rings. The molecular weight excluding hydrogens is 985 g/mol. The van der Waals surface area contributed by atoms with Crippen LogP contribution in [-0.4, -0.2) is 82.2 Å². The first kappa shape index (κ1) is 65.1. The number of esters is 2. The van der Waals surface area contributed by atoms with Gasteiger partial charge in [-0.15, -0.1) is 0 Å². The number of carbonyl (C=O) groups is 3. The van der Waals surface area contributed by atoms with Crippen LogP contribution in [-0.2, 0) is 59.1 Å². The van der Waals surface area contributed by atoms with E-state index in [9.17, 15) is 27.4 Å².